The van der Waals surface area contributed by atoms with Gasteiger partial charge >= 0.3 is 0 Å². The zero-order valence-electron chi connectivity index (χ0n) is 17.3. The Hall–Kier alpha value is -3.03. The normalized spacial score (nSPS) is 26.4. The van der Waals surface area contributed by atoms with Crippen molar-refractivity contribution in [1.82, 2.24) is 29.3 Å². The molecule has 2 aliphatic rings. The highest BCUT2D eigenvalue weighted by Gasteiger charge is 2.42. The summed E-state index contributed by atoms with van der Waals surface area (Å²) in [5.41, 5.74) is 4.23. The summed E-state index contributed by atoms with van der Waals surface area (Å²) in [6.07, 6.45) is 11.2. The lowest BCUT2D eigenvalue weighted by molar-refractivity contribution is 0.0306. The molecule has 1 aromatic carbocycles. The van der Waals surface area contributed by atoms with Crippen LogP contribution in [0.5, 0.6) is 0 Å². The van der Waals surface area contributed by atoms with Gasteiger partial charge in [-0.15, -0.1) is 0 Å². The number of rotatable bonds is 4. The largest absolute Gasteiger partial charge is 0.391 e. The quantitative estimate of drug-likeness (QED) is 0.556. The molecule has 2 fully saturated rings. The van der Waals surface area contributed by atoms with Crippen molar-refractivity contribution in [2.24, 2.45) is 11.8 Å². The molecule has 0 unspecified atom stereocenters. The number of benzene rings is 1. The molecular formula is C24H26N6O. The summed E-state index contributed by atoms with van der Waals surface area (Å²) in [6.45, 7) is 2.94. The van der Waals surface area contributed by atoms with E-state index in [4.69, 9.17) is 4.98 Å². The molecule has 4 atom stereocenters. The summed E-state index contributed by atoms with van der Waals surface area (Å²) in [6, 6.07) is 12.3. The van der Waals surface area contributed by atoms with Crippen molar-refractivity contribution in [3.63, 3.8) is 0 Å². The minimum Gasteiger partial charge on any atom is -0.391 e. The van der Waals surface area contributed by atoms with Crippen LogP contribution in [0.25, 0.3) is 16.8 Å². The standard InChI is InChI=1S/C24H26N6O/c31-23-10-20-16-28(15-19(20)9-22(23)29-8-4-7-26-29)13-17-11-25-24-21(12-27-30(24)14-17)18-5-2-1-3-6-18/h1-8,11-12,14,19-20,22-23,31H,9-10,13,15-16H2/t19-,20+,22-,23-/m1/s1. The molecule has 1 N–H and O–H groups in total. The Kier molecular flexibility index (Phi) is 4.58. The van der Waals surface area contributed by atoms with Crippen LogP contribution >= 0.6 is 0 Å². The first-order chi connectivity index (χ1) is 15.2. The topological polar surface area (TPSA) is 71.5 Å². The number of fused-ring (bicyclic) bond motifs is 2. The summed E-state index contributed by atoms with van der Waals surface area (Å²) in [5.74, 6) is 1.15. The van der Waals surface area contributed by atoms with E-state index in [1.54, 1.807) is 6.20 Å². The molecule has 1 saturated heterocycles. The van der Waals surface area contributed by atoms with E-state index in [0.717, 1.165) is 54.8 Å². The number of likely N-dealkylation sites (tertiary alicyclic amines) is 1. The Balaban J connectivity index is 1.17. The molecule has 0 radical (unpaired) electrons. The van der Waals surface area contributed by atoms with E-state index in [1.165, 1.54) is 0 Å². The number of aliphatic hydroxyl groups excluding tert-OH is 1. The highest BCUT2D eigenvalue weighted by atomic mass is 16.3. The molecule has 7 nitrogen and oxygen atoms in total. The molecule has 3 aromatic heterocycles. The fourth-order valence-corrected chi connectivity index (χ4v) is 5.47. The SMILES string of the molecule is O[C@@H]1C[C@H]2CN(Cc3cnc4c(-c5ccccc5)cnn4c3)C[C@H]2C[C@H]1n1cccn1. The highest BCUT2D eigenvalue weighted by Crippen LogP contribution is 2.41. The first kappa shape index (κ1) is 18.7. The van der Waals surface area contributed by atoms with E-state index in [1.807, 2.05) is 52.1 Å². The molecule has 6 rings (SSSR count). The van der Waals surface area contributed by atoms with Crippen LogP contribution in [-0.4, -0.2) is 53.6 Å². The molecule has 31 heavy (non-hydrogen) atoms. The Bertz CT molecular complexity index is 1170. The van der Waals surface area contributed by atoms with Gasteiger partial charge in [0.25, 0.3) is 0 Å². The Morgan fingerprint density at radius 2 is 1.81 bits per heavy atom. The van der Waals surface area contributed by atoms with E-state index in [9.17, 15) is 5.11 Å². The molecule has 1 aliphatic carbocycles. The number of aliphatic hydroxyl groups is 1. The van der Waals surface area contributed by atoms with Crippen molar-refractivity contribution in [3.05, 3.63) is 72.9 Å². The van der Waals surface area contributed by atoms with Crippen LogP contribution in [0.2, 0.25) is 0 Å². The van der Waals surface area contributed by atoms with E-state index >= 15 is 0 Å². The van der Waals surface area contributed by atoms with Gasteiger partial charge in [0.2, 0.25) is 0 Å². The van der Waals surface area contributed by atoms with Crippen molar-refractivity contribution < 1.29 is 5.11 Å². The molecule has 1 saturated carbocycles. The lowest BCUT2D eigenvalue weighted by Gasteiger charge is -2.35. The zero-order chi connectivity index (χ0) is 20.8. The minimum absolute atomic E-state index is 0.0923. The zero-order valence-corrected chi connectivity index (χ0v) is 17.3. The molecule has 1 aliphatic heterocycles. The van der Waals surface area contributed by atoms with Gasteiger partial charge in [-0.2, -0.15) is 10.2 Å². The number of hydrogen-bond acceptors (Lipinski definition) is 5. The second kappa shape index (κ2) is 7.59. The van der Waals surface area contributed by atoms with E-state index in [0.29, 0.717) is 11.8 Å². The predicted octanol–water partition coefficient (Wildman–Crippen LogP) is 3.04. The van der Waals surface area contributed by atoms with Gasteiger partial charge in [-0.3, -0.25) is 9.58 Å². The summed E-state index contributed by atoms with van der Waals surface area (Å²) in [4.78, 5) is 7.23. The highest BCUT2D eigenvalue weighted by molar-refractivity contribution is 5.76. The molecule has 0 amide bonds. The molecule has 4 heterocycles. The smallest absolute Gasteiger partial charge is 0.162 e. The van der Waals surface area contributed by atoms with Gasteiger partial charge in [-0.25, -0.2) is 9.50 Å². The average molecular weight is 415 g/mol. The maximum absolute atomic E-state index is 10.7. The first-order valence-corrected chi connectivity index (χ1v) is 11.0. The van der Waals surface area contributed by atoms with Crippen molar-refractivity contribution >= 4 is 5.65 Å². The summed E-state index contributed by atoms with van der Waals surface area (Å²) in [7, 11) is 0. The molecule has 158 valence electrons. The van der Waals surface area contributed by atoms with Crippen LogP contribution < -0.4 is 0 Å². The third-order valence-corrected chi connectivity index (χ3v) is 6.95. The Morgan fingerprint density at radius 1 is 0.968 bits per heavy atom. The third-order valence-electron chi connectivity index (χ3n) is 6.95. The van der Waals surface area contributed by atoms with Gasteiger partial charge in [0.05, 0.1) is 18.3 Å². The number of hydrogen-bond donors (Lipinski definition) is 1. The fraction of sp³-hybridized carbons (Fsp3) is 0.375. The molecule has 0 bridgehead atoms. The summed E-state index contributed by atoms with van der Waals surface area (Å²) >= 11 is 0. The first-order valence-electron chi connectivity index (χ1n) is 11.0. The van der Waals surface area contributed by atoms with Gasteiger partial charge in [0.1, 0.15) is 0 Å². The van der Waals surface area contributed by atoms with Gasteiger partial charge in [0.15, 0.2) is 5.65 Å². The second-order valence-corrected chi connectivity index (χ2v) is 8.96. The van der Waals surface area contributed by atoms with Gasteiger partial charge in [0, 0.05) is 55.5 Å². The van der Waals surface area contributed by atoms with Gasteiger partial charge < -0.3 is 5.11 Å². The molecule has 0 spiro atoms. The maximum Gasteiger partial charge on any atom is 0.162 e. The third kappa shape index (κ3) is 3.43. The van der Waals surface area contributed by atoms with Crippen LogP contribution in [-0.2, 0) is 6.54 Å². The van der Waals surface area contributed by atoms with Crippen LogP contribution in [0.4, 0.5) is 0 Å². The van der Waals surface area contributed by atoms with Crippen molar-refractivity contribution in [2.75, 3.05) is 13.1 Å². The Morgan fingerprint density at radius 3 is 2.61 bits per heavy atom. The second-order valence-electron chi connectivity index (χ2n) is 8.96. The van der Waals surface area contributed by atoms with Crippen LogP contribution in [0.3, 0.4) is 0 Å². The number of aromatic nitrogens is 5. The van der Waals surface area contributed by atoms with Crippen molar-refractivity contribution in [3.8, 4) is 11.1 Å². The summed E-state index contributed by atoms with van der Waals surface area (Å²) in [5, 5.41) is 19.6. The van der Waals surface area contributed by atoms with Crippen LogP contribution in [0, 0.1) is 11.8 Å². The van der Waals surface area contributed by atoms with Crippen molar-refractivity contribution in [2.45, 2.75) is 31.5 Å². The monoisotopic (exact) mass is 414 g/mol. The summed E-state index contributed by atoms with van der Waals surface area (Å²) < 4.78 is 3.82. The molecule has 4 aromatic rings. The van der Waals surface area contributed by atoms with Gasteiger partial charge in [-0.1, -0.05) is 30.3 Å². The van der Waals surface area contributed by atoms with E-state index in [2.05, 4.69) is 33.4 Å². The Labute approximate surface area is 181 Å². The average Bonchev–Trinajstić information content (AvgIpc) is 3.53. The lowest BCUT2D eigenvalue weighted by atomic mass is 9.77. The van der Waals surface area contributed by atoms with E-state index < -0.39 is 0 Å². The maximum atomic E-state index is 10.7. The predicted molar refractivity (Wildman–Crippen MR) is 117 cm³/mol. The lowest BCUT2D eigenvalue weighted by Crippen LogP contribution is -2.36. The van der Waals surface area contributed by atoms with Crippen LogP contribution in [0.1, 0.15) is 24.4 Å². The van der Waals surface area contributed by atoms with E-state index in [-0.39, 0.29) is 12.1 Å². The fourth-order valence-electron chi connectivity index (χ4n) is 5.47. The minimum atomic E-state index is -0.320. The van der Waals surface area contributed by atoms with Crippen molar-refractivity contribution in [1.29, 1.82) is 0 Å². The number of nitrogens with zero attached hydrogens (tertiary/aromatic N) is 6. The van der Waals surface area contributed by atoms with Crippen LogP contribution in [0.15, 0.2) is 67.4 Å². The molecular weight excluding hydrogens is 388 g/mol. The van der Waals surface area contributed by atoms with Gasteiger partial charge in [-0.05, 0) is 36.3 Å². The molecule has 7 heteroatoms.